The highest BCUT2D eigenvalue weighted by atomic mass is 35.5. The van der Waals surface area contributed by atoms with Crippen LogP contribution >= 0.6 is 11.6 Å². The van der Waals surface area contributed by atoms with Crippen molar-refractivity contribution in [2.75, 3.05) is 18.5 Å². The Hall–Kier alpha value is -2.23. The molecule has 2 fully saturated rings. The number of ketones is 1. The third kappa shape index (κ3) is 3.30. The lowest BCUT2D eigenvalue weighted by Gasteiger charge is -2.52. The summed E-state index contributed by atoms with van der Waals surface area (Å²) in [4.78, 5) is 21.1. The summed E-state index contributed by atoms with van der Waals surface area (Å²) < 4.78 is 51.6. The van der Waals surface area contributed by atoms with Gasteiger partial charge in [-0.2, -0.15) is 0 Å². The number of ether oxygens (including phenoxy) is 2. The van der Waals surface area contributed by atoms with Crippen LogP contribution in [0.2, 0.25) is 5.28 Å². The van der Waals surface area contributed by atoms with E-state index in [9.17, 15) is 18.0 Å². The molecule has 2 aromatic rings. The summed E-state index contributed by atoms with van der Waals surface area (Å²) in [7, 11) is 0. The molecule has 0 radical (unpaired) electrons. The van der Waals surface area contributed by atoms with Crippen molar-refractivity contribution in [3.8, 4) is 0 Å². The van der Waals surface area contributed by atoms with Crippen LogP contribution < -0.4 is 5.32 Å². The van der Waals surface area contributed by atoms with Crippen molar-refractivity contribution >= 4 is 23.2 Å². The molecule has 2 aliphatic heterocycles. The van der Waals surface area contributed by atoms with Crippen molar-refractivity contribution in [2.45, 2.75) is 43.9 Å². The second kappa shape index (κ2) is 7.43. The first kappa shape index (κ1) is 20.7. The zero-order valence-corrected chi connectivity index (χ0v) is 17.3. The number of benzene rings is 1. The molecule has 6 nitrogen and oxygen atoms in total. The van der Waals surface area contributed by atoms with Gasteiger partial charge in [-0.3, -0.25) is 4.79 Å². The molecule has 1 aromatic carbocycles. The first-order chi connectivity index (χ1) is 14.8. The maximum atomic E-state index is 14.6. The third-order valence-electron chi connectivity index (χ3n) is 6.26. The standard InChI is InChI=1S/C21H19ClF3N3O3/c1-9(11-3-2-4-12(15(11)23)18(24)25)26-19-13-5-10(6-14(13)27-20(22)28-19)16-17(29)21(31-16)7-30-8-21/h2-4,9-10,16,18H,5-8H2,1H3,(H,26,27,28)/t9-,10?,16?/m1/s1. The Balaban J connectivity index is 1.37. The Kier molecular flexibility index (Phi) is 4.95. The van der Waals surface area contributed by atoms with E-state index in [0.29, 0.717) is 37.6 Å². The van der Waals surface area contributed by atoms with Gasteiger partial charge in [-0.15, -0.1) is 0 Å². The van der Waals surface area contributed by atoms with Gasteiger partial charge in [0.05, 0.1) is 30.5 Å². The minimum Gasteiger partial charge on any atom is -0.374 e. The number of carbonyl (C=O) groups is 1. The zero-order valence-electron chi connectivity index (χ0n) is 16.5. The molecule has 2 unspecified atom stereocenters. The summed E-state index contributed by atoms with van der Waals surface area (Å²) in [6, 6.07) is 3.26. The Morgan fingerprint density at radius 2 is 1.97 bits per heavy atom. The molecule has 31 heavy (non-hydrogen) atoms. The normalized spacial score (nSPS) is 24.6. The summed E-state index contributed by atoms with van der Waals surface area (Å²) in [5, 5.41) is 3.10. The van der Waals surface area contributed by atoms with Crippen LogP contribution in [0.1, 0.15) is 41.8 Å². The largest absolute Gasteiger partial charge is 0.374 e. The molecule has 3 aliphatic rings. The molecule has 5 rings (SSSR count). The SMILES string of the molecule is C[C@@H](Nc1nc(Cl)nc2c1CC(C1OC3(COC3)C1=O)C2)c1cccc(C(F)F)c1F. The molecule has 1 aromatic heterocycles. The molecule has 3 heterocycles. The third-order valence-corrected chi connectivity index (χ3v) is 6.43. The number of halogens is 4. The second-order valence-corrected chi connectivity index (χ2v) is 8.58. The number of carbonyl (C=O) groups excluding carboxylic acids is 1. The lowest BCUT2D eigenvalue weighted by Crippen LogP contribution is -2.73. The molecular weight excluding hydrogens is 435 g/mol. The fraction of sp³-hybridized carbons (Fsp3) is 0.476. The Morgan fingerprint density at radius 3 is 2.61 bits per heavy atom. The van der Waals surface area contributed by atoms with E-state index in [4.69, 9.17) is 21.1 Å². The van der Waals surface area contributed by atoms with Crippen LogP contribution in [-0.4, -0.2) is 40.7 Å². The minimum absolute atomic E-state index is 0.0145. The van der Waals surface area contributed by atoms with Crippen molar-refractivity contribution in [3.63, 3.8) is 0 Å². The fourth-order valence-corrected chi connectivity index (χ4v) is 4.70. The number of hydrogen-bond donors (Lipinski definition) is 1. The van der Waals surface area contributed by atoms with Crippen LogP contribution in [-0.2, 0) is 27.1 Å². The van der Waals surface area contributed by atoms with Crippen molar-refractivity contribution < 1.29 is 27.4 Å². The van der Waals surface area contributed by atoms with Crippen molar-refractivity contribution in [3.05, 3.63) is 51.7 Å². The predicted molar refractivity (Wildman–Crippen MR) is 105 cm³/mol. The van der Waals surface area contributed by atoms with Gasteiger partial charge in [0.1, 0.15) is 17.7 Å². The van der Waals surface area contributed by atoms with Gasteiger partial charge in [-0.25, -0.2) is 23.1 Å². The van der Waals surface area contributed by atoms with Crippen LogP contribution in [0.3, 0.4) is 0 Å². The average Bonchev–Trinajstić information content (AvgIpc) is 3.08. The lowest BCUT2D eigenvalue weighted by atomic mass is 9.79. The number of fused-ring (bicyclic) bond motifs is 1. The minimum atomic E-state index is -2.91. The molecule has 1 N–H and O–H groups in total. The van der Waals surface area contributed by atoms with Gasteiger partial charge in [-0.1, -0.05) is 18.2 Å². The van der Waals surface area contributed by atoms with Gasteiger partial charge in [0, 0.05) is 17.0 Å². The van der Waals surface area contributed by atoms with Gasteiger partial charge >= 0.3 is 0 Å². The summed E-state index contributed by atoms with van der Waals surface area (Å²) in [5.41, 5.74) is 0.149. The molecular formula is C21H19ClF3N3O3. The van der Waals surface area contributed by atoms with Gasteiger partial charge in [0.25, 0.3) is 6.43 Å². The molecule has 1 spiro atoms. The van der Waals surface area contributed by atoms with Crippen LogP contribution in [0.4, 0.5) is 19.0 Å². The molecule has 0 amide bonds. The number of aromatic nitrogens is 2. The first-order valence-electron chi connectivity index (χ1n) is 9.97. The van der Waals surface area contributed by atoms with E-state index in [2.05, 4.69) is 15.3 Å². The highest BCUT2D eigenvalue weighted by Gasteiger charge is 2.62. The highest BCUT2D eigenvalue weighted by molar-refractivity contribution is 6.28. The number of Topliss-reactive ketones (excluding diaryl/α,β-unsaturated/α-hetero) is 1. The predicted octanol–water partition coefficient (Wildman–Crippen LogP) is 3.83. The molecule has 0 bridgehead atoms. The Bertz CT molecular complexity index is 1060. The average molecular weight is 454 g/mol. The monoisotopic (exact) mass is 453 g/mol. The molecule has 3 atom stereocenters. The Morgan fingerprint density at radius 1 is 1.23 bits per heavy atom. The summed E-state index contributed by atoms with van der Waals surface area (Å²) >= 11 is 6.09. The van der Waals surface area contributed by atoms with Gasteiger partial charge in [0.2, 0.25) is 5.28 Å². The maximum Gasteiger partial charge on any atom is 0.266 e. The summed E-state index contributed by atoms with van der Waals surface area (Å²) in [5.74, 6) is -0.602. The molecule has 0 saturated carbocycles. The highest BCUT2D eigenvalue weighted by Crippen LogP contribution is 2.44. The number of rotatable bonds is 5. The first-order valence-corrected chi connectivity index (χ1v) is 10.3. The molecule has 2 saturated heterocycles. The molecule has 10 heteroatoms. The number of nitrogens with zero attached hydrogens (tertiary/aromatic N) is 2. The van der Waals surface area contributed by atoms with E-state index in [-0.39, 0.29) is 22.5 Å². The number of alkyl halides is 2. The smallest absolute Gasteiger partial charge is 0.266 e. The zero-order chi connectivity index (χ0) is 21.9. The van der Waals surface area contributed by atoms with Gasteiger partial charge < -0.3 is 14.8 Å². The lowest BCUT2D eigenvalue weighted by molar-refractivity contribution is -0.277. The van der Waals surface area contributed by atoms with Gasteiger partial charge in [0.15, 0.2) is 11.4 Å². The number of nitrogens with one attached hydrogen (secondary N) is 1. The quantitative estimate of drug-likeness (QED) is 0.694. The van der Waals surface area contributed by atoms with Crippen molar-refractivity contribution in [2.24, 2.45) is 5.92 Å². The van der Waals surface area contributed by atoms with E-state index >= 15 is 0 Å². The van der Waals surface area contributed by atoms with Gasteiger partial charge in [-0.05, 0) is 31.4 Å². The van der Waals surface area contributed by atoms with Crippen LogP contribution in [0.15, 0.2) is 18.2 Å². The van der Waals surface area contributed by atoms with E-state index in [1.807, 2.05) is 0 Å². The van der Waals surface area contributed by atoms with Crippen molar-refractivity contribution in [1.82, 2.24) is 9.97 Å². The summed E-state index contributed by atoms with van der Waals surface area (Å²) in [6.07, 6.45) is -2.44. The topological polar surface area (TPSA) is 73.3 Å². The van der Waals surface area contributed by atoms with Crippen LogP contribution in [0, 0.1) is 11.7 Å². The summed E-state index contributed by atoms with van der Waals surface area (Å²) in [6.45, 7) is 2.24. The van der Waals surface area contributed by atoms with Crippen LogP contribution in [0.25, 0.3) is 0 Å². The molecule has 164 valence electrons. The fourth-order valence-electron chi connectivity index (χ4n) is 4.52. The van der Waals surface area contributed by atoms with E-state index in [1.54, 1.807) is 6.92 Å². The van der Waals surface area contributed by atoms with E-state index in [0.717, 1.165) is 11.6 Å². The second-order valence-electron chi connectivity index (χ2n) is 8.24. The maximum absolute atomic E-state index is 14.6. The van der Waals surface area contributed by atoms with E-state index < -0.39 is 35.6 Å². The van der Waals surface area contributed by atoms with E-state index in [1.165, 1.54) is 12.1 Å². The number of anilines is 1. The number of hydrogen-bond acceptors (Lipinski definition) is 6. The Labute approximate surface area is 181 Å². The molecule has 1 aliphatic carbocycles. The van der Waals surface area contributed by atoms with Crippen LogP contribution in [0.5, 0.6) is 0 Å². The van der Waals surface area contributed by atoms with Crippen molar-refractivity contribution in [1.29, 1.82) is 0 Å².